The van der Waals surface area contributed by atoms with E-state index in [1.165, 1.54) is 6.07 Å². The lowest BCUT2D eigenvalue weighted by atomic mass is 9.79. The molecule has 2 aromatic rings. The summed E-state index contributed by atoms with van der Waals surface area (Å²) < 4.78 is 25.3. The highest BCUT2D eigenvalue weighted by Crippen LogP contribution is 2.43. The van der Waals surface area contributed by atoms with Gasteiger partial charge in [-0.05, 0) is 37.8 Å². The molecule has 0 spiro atoms. The quantitative estimate of drug-likeness (QED) is 0.889. The third kappa shape index (κ3) is 3.06. The van der Waals surface area contributed by atoms with Crippen LogP contribution in [0.5, 0.6) is 0 Å². The molecule has 1 aliphatic heterocycles. The zero-order valence-corrected chi connectivity index (χ0v) is 15.4. The molecule has 0 radical (unpaired) electrons. The number of halogens is 1. The molecule has 2 aliphatic rings. The lowest BCUT2D eigenvalue weighted by Gasteiger charge is -2.43. The van der Waals surface area contributed by atoms with Crippen LogP contribution in [0.2, 0.25) is 0 Å². The van der Waals surface area contributed by atoms with E-state index in [1.54, 1.807) is 19.2 Å². The summed E-state index contributed by atoms with van der Waals surface area (Å²) in [5.41, 5.74) is 2.73. The van der Waals surface area contributed by atoms with Gasteiger partial charge in [0.15, 0.2) is 0 Å². The second-order valence-electron chi connectivity index (χ2n) is 7.42. The molecule has 6 heteroatoms. The Balaban J connectivity index is 1.57. The minimum atomic E-state index is -0.238. The number of likely N-dealkylation sites (tertiary alicyclic amines) is 1. The van der Waals surface area contributed by atoms with Gasteiger partial charge in [-0.1, -0.05) is 12.1 Å². The first-order chi connectivity index (χ1) is 12.6. The molecule has 1 N–H and O–H groups in total. The van der Waals surface area contributed by atoms with E-state index in [0.29, 0.717) is 6.04 Å². The first kappa shape index (κ1) is 17.6. The topological polar surface area (TPSA) is 50.4 Å². The Labute approximate surface area is 153 Å². The molecule has 1 saturated carbocycles. The average Bonchev–Trinajstić information content (AvgIpc) is 3.27. The summed E-state index contributed by atoms with van der Waals surface area (Å²) in [6.45, 7) is 1.76. The monoisotopic (exact) mass is 359 g/mol. The molecule has 0 bridgehead atoms. The summed E-state index contributed by atoms with van der Waals surface area (Å²) >= 11 is 0. The van der Waals surface area contributed by atoms with Crippen LogP contribution in [0.25, 0.3) is 11.3 Å². The van der Waals surface area contributed by atoms with Gasteiger partial charge in [0.05, 0.1) is 23.6 Å². The normalized spacial score (nSPS) is 29.0. The molecule has 3 atom stereocenters. The fourth-order valence-corrected chi connectivity index (χ4v) is 4.70. The van der Waals surface area contributed by atoms with E-state index < -0.39 is 0 Å². The predicted molar refractivity (Wildman–Crippen MR) is 97.2 cm³/mol. The van der Waals surface area contributed by atoms with E-state index in [2.05, 4.69) is 15.1 Å². The van der Waals surface area contributed by atoms with E-state index >= 15 is 0 Å². The van der Waals surface area contributed by atoms with Crippen molar-refractivity contribution in [2.24, 2.45) is 0 Å². The van der Waals surface area contributed by atoms with Crippen molar-refractivity contribution in [1.82, 2.24) is 15.1 Å². The standard InChI is InChI=1S/C20H26FN3O2/c1-25-17-6-7-20(26-2)8-9-24(18(20)11-17)13-15-12-22-23-19(15)14-4-3-5-16(21)10-14/h3-5,10,12,17-18H,6-9,11,13H2,1-2H3,(H,22,23)/t17-,18-,20+/m0/s1. The van der Waals surface area contributed by atoms with Gasteiger partial charge in [0, 0.05) is 44.5 Å². The Bertz CT molecular complexity index is 765. The number of benzene rings is 1. The minimum absolute atomic E-state index is 0.0716. The first-order valence-electron chi connectivity index (χ1n) is 9.25. The molecule has 0 unspecified atom stereocenters. The third-order valence-electron chi connectivity index (χ3n) is 6.19. The molecule has 1 aromatic carbocycles. The van der Waals surface area contributed by atoms with Crippen molar-refractivity contribution >= 4 is 0 Å². The fourth-order valence-electron chi connectivity index (χ4n) is 4.70. The molecule has 2 heterocycles. The number of aromatic amines is 1. The van der Waals surface area contributed by atoms with Crippen LogP contribution in [0.4, 0.5) is 4.39 Å². The highest BCUT2D eigenvalue weighted by molar-refractivity contribution is 5.62. The number of H-pyrrole nitrogens is 1. The molecule has 26 heavy (non-hydrogen) atoms. The molecule has 1 aromatic heterocycles. The maximum atomic E-state index is 13.6. The van der Waals surface area contributed by atoms with Crippen LogP contribution >= 0.6 is 0 Å². The SMILES string of the molecule is CO[C@H]1CC[C@@]2(OC)CCN(Cc3cn[nH]c3-c3cccc(F)c3)[C@H]2C1. The van der Waals surface area contributed by atoms with Crippen LogP contribution in [0.15, 0.2) is 30.5 Å². The molecule has 5 nitrogen and oxygen atoms in total. The lowest BCUT2D eigenvalue weighted by Crippen LogP contribution is -2.51. The zero-order valence-electron chi connectivity index (χ0n) is 15.4. The average molecular weight is 359 g/mol. The fraction of sp³-hybridized carbons (Fsp3) is 0.550. The second kappa shape index (κ2) is 7.10. The molecule has 1 aliphatic carbocycles. The molecule has 4 rings (SSSR count). The molecule has 2 fully saturated rings. The number of rotatable bonds is 5. The smallest absolute Gasteiger partial charge is 0.123 e. The van der Waals surface area contributed by atoms with E-state index in [4.69, 9.17) is 9.47 Å². The van der Waals surface area contributed by atoms with Crippen LogP contribution in [-0.2, 0) is 16.0 Å². The summed E-state index contributed by atoms with van der Waals surface area (Å²) in [6, 6.07) is 6.97. The molecular weight excluding hydrogens is 333 g/mol. The maximum Gasteiger partial charge on any atom is 0.123 e. The third-order valence-corrected chi connectivity index (χ3v) is 6.19. The Hall–Kier alpha value is -1.76. The molecular formula is C20H26FN3O2. The Morgan fingerprint density at radius 2 is 2.23 bits per heavy atom. The number of fused-ring (bicyclic) bond motifs is 1. The van der Waals surface area contributed by atoms with Crippen LogP contribution in [0.1, 0.15) is 31.2 Å². The number of hydrogen-bond donors (Lipinski definition) is 1. The van der Waals surface area contributed by atoms with E-state index in [9.17, 15) is 4.39 Å². The van der Waals surface area contributed by atoms with Crippen molar-refractivity contribution < 1.29 is 13.9 Å². The second-order valence-corrected chi connectivity index (χ2v) is 7.42. The van der Waals surface area contributed by atoms with E-state index in [1.807, 2.05) is 19.4 Å². The highest BCUT2D eigenvalue weighted by atomic mass is 19.1. The summed E-state index contributed by atoms with van der Waals surface area (Å²) in [7, 11) is 3.63. The minimum Gasteiger partial charge on any atom is -0.381 e. The Kier molecular flexibility index (Phi) is 4.82. The number of methoxy groups -OCH3 is 2. The van der Waals surface area contributed by atoms with Gasteiger partial charge >= 0.3 is 0 Å². The van der Waals surface area contributed by atoms with Gasteiger partial charge in [-0.15, -0.1) is 0 Å². The van der Waals surface area contributed by atoms with Crippen LogP contribution in [0.3, 0.4) is 0 Å². The van der Waals surface area contributed by atoms with Gasteiger partial charge in [0.1, 0.15) is 5.82 Å². The molecule has 140 valence electrons. The van der Waals surface area contributed by atoms with Gasteiger partial charge in [-0.3, -0.25) is 10.00 Å². The zero-order chi connectivity index (χ0) is 18.1. The number of nitrogens with zero attached hydrogens (tertiary/aromatic N) is 2. The van der Waals surface area contributed by atoms with Gasteiger partial charge in [0.25, 0.3) is 0 Å². The first-order valence-corrected chi connectivity index (χ1v) is 9.25. The molecule has 0 amide bonds. The number of ether oxygens (including phenoxy) is 2. The van der Waals surface area contributed by atoms with Gasteiger partial charge in [-0.2, -0.15) is 5.10 Å². The van der Waals surface area contributed by atoms with Crippen molar-refractivity contribution in [3.8, 4) is 11.3 Å². The summed E-state index contributed by atoms with van der Waals surface area (Å²) in [4.78, 5) is 2.47. The number of nitrogens with one attached hydrogen (secondary N) is 1. The largest absolute Gasteiger partial charge is 0.381 e. The summed E-state index contributed by atoms with van der Waals surface area (Å²) in [5, 5.41) is 7.25. The van der Waals surface area contributed by atoms with Crippen molar-refractivity contribution in [2.75, 3.05) is 20.8 Å². The van der Waals surface area contributed by atoms with E-state index in [-0.39, 0.29) is 17.5 Å². The van der Waals surface area contributed by atoms with Crippen molar-refractivity contribution in [2.45, 2.75) is 50.0 Å². The highest BCUT2D eigenvalue weighted by Gasteiger charge is 2.51. The van der Waals surface area contributed by atoms with Gasteiger partial charge < -0.3 is 9.47 Å². The lowest BCUT2D eigenvalue weighted by molar-refractivity contribution is -0.0947. The number of aromatic nitrogens is 2. The van der Waals surface area contributed by atoms with Gasteiger partial charge in [-0.25, -0.2) is 4.39 Å². The van der Waals surface area contributed by atoms with E-state index in [0.717, 1.165) is 55.6 Å². The predicted octanol–water partition coefficient (Wildman–Crippen LogP) is 3.37. The Morgan fingerprint density at radius 1 is 1.35 bits per heavy atom. The van der Waals surface area contributed by atoms with Crippen molar-refractivity contribution in [1.29, 1.82) is 0 Å². The summed E-state index contributed by atoms with van der Waals surface area (Å²) in [5.74, 6) is -0.238. The maximum absolute atomic E-state index is 13.6. The van der Waals surface area contributed by atoms with Crippen LogP contribution < -0.4 is 0 Å². The van der Waals surface area contributed by atoms with Gasteiger partial charge in [0.2, 0.25) is 0 Å². The summed E-state index contributed by atoms with van der Waals surface area (Å²) in [6.07, 6.45) is 6.25. The number of hydrogen-bond acceptors (Lipinski definition) is 4. The van der Waals surface area contributed by atoms with Crippen molar-refractivity contribution in [3.05, 3.63) is 41.8 Å². The van der Waals surface area contributed by atoms with Crippen LogP contribution in [-0.4, -0.2) is 53.6 Å². The Morgan fingerprint density at radius 3 is 3.00 bits per heavy atom. The van der Waals surface area contributed by atoms with Crippen LogP contribution in [0, 0.1) is 5.82 Å². The van der Waals surface area contributed by atoms with Crippen molar-refractivity contribution in [3.63, 3.8) is 0 Å². The molecule has 1 saturated heterocycles.